The Morgan fingerprint density at radius 1 is 1.52 bits per heavy atom. The maximum atomic E-state index is 13.6. The van der Waals surface area contributed by atoms with Crippen LogP contribution in [0.2, 0.25) is 5.02 Å². The molecule has 0 aromatic heterocycles. The number of rotatable bonds is 5. The van der Waals surface area contributed by atoms with Gasteiger partial charge in [-0.2, -0.15) is 0 Å². The van der Waals surface area contributed by atoms with Crippen LogP contribution in [-0.2, 0) is 16.0 Å². The van der Waals surface area contributed by atoms with Crippen molar-refractivity contribution in [3.05, 3.63) is 45.9 Å². The molecule has 8 heteroatoms. The summed E-state index contributed by atoms with van der Waals surface area (Å²) >= 11 is 10.9. The molecular weight excluding hydrogens is 343 g/mol. The Bertz CT molecular complexity index is 646. The molecule has 0 radical (unpaired) electrons. The van der Waals surface area contributed by atoms with Crippen LogP contribution in [0, 0.1) is 5.82 Å². The van der Waals surface area contributed by atoms with Gasteiger partial charge in [0.25, 0.3) is 0 Å². The third-order valence-electron chi connectivity index (χ3n) is 3.41. The lowest BCUT2D eigenvalue weighted by molar-refractivity contribution is -0.139. The van der Waals surface area contributed by atoms with Crippen LogP contribution in [-0.4, -0.2) is 35.4 Å². The van der Waals surface area contributed by atoms with Gasteiger partial charge in [-0.3, -0.25) is 0 Å². The molecule has 0 fully saturated rings. The summed E-state index contributed by atoms with van der Waals surface area (Å²) in [6, 6.07) is 3.75. The number of esters is 1. The van der Waals surface area contributed by atoms with Crippen molar-refractivity contribution in [1.82, 2.24) is 10.6 Å². The van der Waals surface area contributed by atoms with E-state index in [4.69, 9.17) is 28.6 Å². The van der Waals surface area contributed by atoms with E-state index in [1.165, 1.54) is 12.1 Å². The Balaban J connectivity index is 2.02. The molecule has 5 nitrogen and oxygen atoms in total. The highest BCUT2D eigenvalue weighted by Crippen LogP contribution is 2.20. The highest BCUT2D eigenvalue weighted by molar-refractivity contribution is 7.80. The highest BCUT2D eigenvalue weighted by Gasteiger charge is 2.29. The molecule has 0 spiro atoms. The number of allylic oxidation sites excluding steroid dienone is 1. The summed E-state index contributed by atoms with van der Waals surface area (Å²) in [6.07, 6.45) is 0.159. The maximum Gasteiger partial charge on any atom is 0.337 e. The Kier molecular flexibility index (Phi) is 5.92. The minimum atomic E-state index is -0.631. The van der Waals surface area contributed by atoms with Gasteiger partial charge < -0.3 is 20.5 Å². The minimum Gasteiger partial charge on any atom is -0.462 e. The fraction of sp³-hybridized carbons (Fsp3) is 0.333. The topological polar surface area (TPSA) is 70.6 Å². The zero-order valence-corrected chi connectivity index (χ0v) is 13.9. The van der Waals surface area contributed by atoms with Crippen molar-refractivity contribution in [3.8, 4) is 0 Å². The molecule has 0 saturated carbocycles. The number of carbonyl (C=O) groups excluding carboxylic acids is 1. The largest absolute Gasteiger partial charge is 0.462 e. The molecule has 1 aliphatic rings. The van der Waals surface area contributed by atoms with Crippen LogP contribution < -0.4 is 10.6 Å². The molecule has 0 bridgehead atoms. The molecule has 0 saturated heterocycles. The number of ether oxygens (including phenoxy) is 1. The summed E-state index contributed by atoms with van der Waals surface area (Å²) < 4.78 is 18.8. The van der Waals surface area contributed by atoms with E-state index in [0.29, 0.717) is 16.4 Å². The summed E-state index contributed by atoms with van der Waals surface area (Å²) in [6.45, 7) is 1.34. The molecule has 0 amide bonds. The number of hydrogen-bond donors (Lipinski definition) is 3. The fourth-order valence-corrected chi connectivity index (χ4v) is 2.85. The number of halogens is 2. The van der Waals surface area contributed by atoms with Gasteiger partial charge in [0, 0.05) is 22.7 Å². The van der Waals surface area contributed by atoms with Gasteiger partial charge >= 0.3 is 5.97 Å². The monoisotopic (exact) mass is 358 g/mol. The standard InChI is InChI=1S/C15H16ClFN2O3S/c1-8-13(12(7-20)19-15(23)18-8)14(21)22-6-5-9-10(16)3-2-4-11(9)17/h2-4,12,20H,5-7H2,1H3,(H2,18,19,23). The average molecular weight is 359 g/mol. The molecule has 1 aliphatic heterocycles. The van der Waals surface area contributed by atoms with E-state index >= 15 is 0 Å². The van der Waals surface area contributed by atoms with Gasteiger partial charge in [-0.25, -0.2) is 9.18 Å². The molecular formula is C15H16ClFN2O3S. The minimum absolute atomic E-state index is 0.0289. The van der Waals surface area contributed by atoms with Gasteiger partial charge in [0.1, 0.15) is 5.82 Å². The molecule has 23 heavy (non-hydrogen) atoms. The number of thiocarbonyl (C=S) groups is 1. The Hall–Kier alpha value is -1.70. The van der Waals surface area contributed by atoms with Crippen LogP contribution in [0.4, 0.5) is 4.39 Å². The van der Waals surface area contributed by atoms with Crippen LogP contribution >= 0.6 is 23.8 Å². The van der Waals surface area contributed by atoms with Crippen LogP contribution in [0.3, 0.4) is 0 Å². The molecule has 124 valence electrons. The Morgan fingerprint density at radius 2 is 2.26 bits per heavy atom. The smallest absolute Gasteiger partial charge is 0.337 e. The van der Waals surface area contributed by atoms with Gasteiger partial charge in [0.15, 0.2) is 5.11 Å². The number of aliphatic hydroxyl groups excluding tert-OH is 1. The van der Waals surface area contributed by atoms with Crippen molar-refractivity contribution in [3.63, 3.8) is 0 Å². The van der Waals surface area contributed by atoms with E-state index in [1.807, 2.05) is 0 Å². The van der Waals surface area contributed by atoms with E-state index in [-0.39, 0.29) is 30.2 Å². The number of nitrogens with one attached hydrogen (secondary N) is 2. The molecule has 0 aliphatic carbocycles. The van der Waals surface area contributed by atoms with Crippen molar-refractivity contribution in [2.75, 3.05) is 13.2 Å². The molecule has 1 aromatic rings. The van der Waals surface area contributed by atoms with Gasteiger partial charge in [-0.1, -0.05) is 17.7 Å². The predicted octanol–water partition coefficient (Wildman–Crippen LogP) is 1.68. The first-order chi connectivity index (χ1) is 10.9. The lowest BCUT2D eigenvalue weighted by Gasteiger charge is -2.28. The first kappa shape index (κ1) is 17.7. The number of hydrogen-bond acceptors (Lipinski definition) is 4. The molecule has 3 N–H and O–H groups in total. The first-order valence-electron chi connectivity index (χ1n) is 6.93. The van der Waals surface area contributed by atoms with Crippen LogP contribution in [0.15, 0.2) is 29.5 Å². The second-order valence-corrected chi connectivity index (χ2v) is 5.77. The number of aliphatic hydroxyl groups is 1. The van der Waals surface area contributed by atoms with Gasteiger partial charge in [0.05, 0.1) is 24.8 Å². The third-order valence-corrected chi connectivity index (χ3v) is 3.98. The average Bonchev–Trinajstić information content (AvgIpc) is 2.49. The summed E-state index contributed by atoms with van der Waals surface area (Å²) in [5, 5.41) is 15.6. The maximum absolute atomic E-state index is 13.6. The van der Waals surface area contributed by atoms with Crippen molar-refractivity contribution < 1.29 is 19.0 Å². The summed E-state index contributed by atoms with van der Waals surface area (Å²) in [7, 11) is 0. The highest BCUT2D eigenvalue weighted by atomic mass is 35.5. The van der Waals surface area contributed by atoms with Gasteiger partial charge in [-0.15, -0.1) is 0 Å². The fourth-order valence-electron chi connectivity index (χ4n) is 2.29. The van der Waals surface area contributed by atoms with E-state index in [0.717, 1.165) is 0 Å². The third kappa shape index (κ3) is 4.19. The van der Waals surface area contributed by atoms with Crippen molar-refractivity contribution >= 4 is 34.9 Å². The molecule has 1 unspecified atom stereocenters. The van der Waals surface area contributed by atoms with Crippen LogP contribution in [0.25, 0.3) is 0 Å². The van der Waals surface area contributed by atoms with E-state index in [2.05, 4.69) is 10.6 Å². The molecule has 1 heterocycles. The Morgan fingerprint density at radius 3 is 2.91 bits per heavy atom. The second kappa shape index (κ2) is 7.72. The molecule has 2 rings (SSSR count). The lowest BCUT2D eigenvalue weighted by Crippen LogP contribution is -2.51. The second-order valence-electron chi connectivity index (χ2n) is 4.96. The zero-order chi connectivity index (χ0) is 17.0. The summed E-state index contributed by atoms with van der Waals surface area (Å²) in [5.41, 5.74) is 1.08. The normalized spacial score (nSPS) is 17.6. The summed E-state index contributed by atoms with van der Waals surface area (Å²) in [5.74, 6) is -1.04. The number of carbonyl (C=O) groups is 1. The van der Waals surface area contributed by atoms with Crippen LogP contribution in [0.1, 0.15) is 12.5 Å². The van der Waals surface area contributed by atoms with E-state index in [9.17, 15) is 14.3 Å². The Labute approximate surface area is 143 Å². The van der Waals surface area contributed by atoms with Crippen LogP contribution in [0.5, 0.6) is 0 Å². The molecule has 1 atom stereocenters. The molecule has 1 aromatic carbocycles. The van der Waals surface area contributed by atoms with Gasteiger partial charge in [-0.05, 0) is 31.3 Å². The quantitative estimate of drug-likeness (QED) is 0.549. The van der Waals surface area contributed by atoms with Crippen molar-refractivity contribution in [1.29, 1.82) is 0 Å². The summed E-state index contributed by atoms with van der Waals surface area (Å²) in [4.78, 5) is 12.2. The lowest BCUT2D eigenvalue weighted by atomic mass is 10.0. The predicted molar refractivity (Wildman–Crippen MR) is 88.5 cm³/mol. The van der Waals surface area contributed by atoms with E-state index in [1.54, 1.807) is 13.0 Å². The number of benzene rings is 1. The van der Waals surface area contributed by atoms with E-state index < -0.39 is 17.8 Å². The zero-order valence-electron chi connectivity index (χ0n) is 12.4. The van der Waals surface area contributed by atoms with Crippen molar-refractivity contribution in [2.45, 2.75) is 19.4 Å². The first-order valence-corrected chi connectivity index (χ1v) is 7.71. The van der Waals surface area contributed by atoms with Crippen molar-refractivity contribution in [2.24, 2.45) is 0 Å². The SMILES string of the molecule is CC1=C(C(=O)OCCc2c(F)cccc2Cl)C(CO)NC(=S)N1. The van der Waals surface area contributed by atoms with Gasteiger partial charge in [0.2, 0.25) is 0 Å².